The molecule has 6 rings (SSSR count). The van der Waals surface area contributed by atoms with Crippen LogP contribution in [0.25, 0.3) is 5.69 Å². The van der Waals surface area contributed by atoms with Gasteiger partial charge in [-0.1, -0.05) is 18.2 Å². The van der Waals surface area contributed by atoms with E-state index in [4.69, 9.17) is 0 Å². The molecule has 35 heavy (non-hydrogen) atoms. The molecule has 4 amide bonds. The van der Waals surface area contributed by atoms with Crippen LogP contribution < -0.4 is 5.32 Å². The van der Waals surface area contributed by atoms with Crippen molar-refractivity contribution in [3.05, 3.63) is 58.7 Å². The summed E-state index contributed by atoms with van der Waals surface area (Å²) in [6, 6.07) is 4.62. The van der Waals surface area contributed by atoms with Gasteiger partial charge in [0.25, 0.3) is 11.8 Å². The Balaban J connectivity index is 1.21. The summed E-state index contributed by atoms with van der Waals surface area (Å²) >= 11 is 0. The summed E-state index contributed by atoms with van der Waals surface area (Å²) in [5, 5.41) is 17.6. The van der Waals surface area contributed by atoms with Crippen LogP contribution in [-0.2, 0) is 22.7 Å². The smallest absolute Gasteiger partial charge is 0.276 e. The molecule has 0 aliphatic carbocycles. The van der Waals surface area contributed by atoms with Crippen LogP contribution in [0.5, 0.6) is 0 Å². The minimum Gasteiger partial charge on any atom is -0.332 e. The maximum Gasteiger partial charge on any atom is 0.276 e. The molecule has 2 N–H and O–H groups in total. The summed E-state index contributed by atoms with van der Waals surface area (Å²) in [7, 11) is 0. The molecule has 0 radical (unpaired) electrons. The highest BCUT2D eigenvalue weighted by atomic mass is 16.2. The van der Waals surface area contributed by atoms with E-state index >= 15 is 0 Å². The number of H-pyrrole nitrogens is 1. The zero-order valence-electron chi connectivity index (χ0n) is 18.9. The van der Waals surface area contributed by atoms with Crippen LogP contribution in [0.15, 0.2) is 30.6 Å². The summed E-state index contributed by atoms with van der Waals surface area (Å²) in [6.45, 7) is 3.33. The molecule has 1 fully saturated rings. The number of nitrogens with one attached hydrogen (secondary N) is 2. The number of fused-ring (bicyclic) bond motifs is 2. The number of aromatic amines is 1. The van der Waals surface area contributed by atoms with Crippen LogP contribution in [0, 0.1) is 0 Å². The predicted octanol–water partition coefficient (Wildman–Crippen LogP) is 0.511. The molecule has 3 aliphatic heterocycles. The van der Waals surface area contributed by atoms with Gasteiger partial charge >= 0.3 is 0 Å². The molecule has 1 aromatic carbocycles. The van der Waals surface area contributed by atoms with Crippen LogP contribution in [0.3, 0.4) is 0 Å². The van der Waals surface area contributed by atoms with Crippen molar-refractivity contribution in [3.8, 4) is 5.69 Å². The van der Waals surface area contributed by atoms with Gasteiger partial charge in [-0.2, -0.15) is 5.10 Å². The lowest BCUT2D eigenvalue weighted by molar-refractivity contribution is -0.136. The van der Waals surface area contributed by atoms with Gasteiger partial charge in [-0.15, -0.1) is 5.10 Å². The highest BCUT2D eigenvalue weighted by Crippen LogP contribution is 2.30. The third-order valence-electron chi connectivity index (χ3n) is 6.88. The van der Waals surface area contributed by atoms with E-state index < -0.39 is 11.9 Å². The van der Waals surface area contributed by atoms with E-state index in [1.807, 2.05) is 13.0 Å². The number of hydrogen-bond donors (Lipinski definition) is 2. The van der Waals surface area contributed by atoms with E-state index in [1.165, 1.54) is 9.58 Å². The van der Waals surface area contributed by atoms with Crippen molar-refractivity contribution in [3.63, 3.8) is 0 Å². The van der Waals surface area contributed by atoms with Crippen molar-refractivity contribution in [1.29, 1.82) is 0 Å². The molecule has 1 saturated heterocycles. The van der Waals surface area contributed by atoms with Gasteiger partial charge in [-0.05, 0) is 24.1 Å². The number of benzene rings is 1. The second-order valence-electron chi connectivity index (χ2n) is 9.19. The Morgan fingerprint density at radius 1 is 1.14 bits per heavy atom. The number of imide groups is 1. The first-order chi connectivity index (χ1) is 16.9. The number of aromatic nitrogens is 5. The lowest BCUT2D eigenvalue weighted by Crippen LogP contribution is -2.52. The van der Waals surface area contributed by atoms with Crippen molar-refractivity contribution in [1.82, 2.24) is 40.3 Å². The van der Waals surface area contributed by atoms with Gasteiger partial charge in [-0.3, -0.25) is 29.6 Å². The molecule has 12 nitrogen and oxygen atoms in total. The Morgan fingerprint density at radius 3 is 2.83 bits per heavy atom. The monoisotopic (exact) mass is 474 g/mol. The minimum absolute atomic E-state index is 0.135. The van der Waals surface area contributed by atoms with Gasteiger partial charge in [0, 0.05) is 48.8 Å². The molecule has 2 unspecified atom stereocenters. The van der Waals surface area contributed by atoms with Gasteiger partial charge in [-0.25, -0.2) is 4.68 Å². The van der Waals surface area contributed by atoms with Crippen molar-refractivity contribution < 1.29 is 19.2 Å². The van der Waals surface area contributed by atoms with Crippen molar-refractivity contribution >= 4 is 23.6 Å². The highest BCUT2D eigenvalue weighted by Gasteiger charge is 2.39. The Labute approximate surface area is 199 Å². The van der Waals surface area contributed by atoms with Crippen molar-refractivity contribution in [2.45, 2.75) is 44.8 Å². The van der Waals surface area contributed by atoms with Crippen LogP contribution in [-0.4, -0.2) is 71.2 Å². The summed E-state index contributed by atoms with van der Waals surface area (Å²) in [5.41, 5.74) is 4.08. The molecule has 3 aromatic rings. The number of rotatable bonds is 3. The first kappa shape index (κ1) is 21.2. The van der Waals surface area contributed by atoms with Crippen LogP contribution in [0.4, 0.5) is 0 Å². The first-order valence-electron chi connectivity index (χ1n) is 11.4. The summed E-state index contributed by atoms with van der Waals surface area (Å²) in [4.78, 5) is 53.1. The molecule has 12 heteroatoms. The predicted molar refractivity (Wildman–Crippen MR) is 119 cm³/mol. The quantitative estimate of drug-likeness (QED) is 0.526. The maximum atomic E-state index is 13.1. The highest BCUT2D eigenvalue weighted by molar-refractivity contribution is 6.05. The SMILES string of the molecule is CC1CN(C(=O)c2cn(-c3ccc4c(c3)C(=O)N(C3CCC(=O)NC3=O)C4)nn2)Cc2cn[nH]c21. The van der Waals surface area contributed by atoms with E-state index in [0.29, 0.717) is 37.3 Å². The van der Waals surface area contributed by atoms with Crippen LogP contribution in [0.2, 0.25) is 0 Å². The van der Waals surface area contributed by atoms with Gasteiger partial charge in [0.1, 0.15) is 6.04 Å². The molecular formula is C23H22N8O4. The van der Waals surface area contributed by atoms with E-state index in [0.717, 1.165) is 16.8 Å². The summed E-state index contributed by atoms with van der Waals surface area (Å²) < 4.78 is 1.46. The lowest BCUT2D eigenvalue weighted by Gasteiger charge is -2.29. The zero-order chi connectivity index (χ0) is 24.3. The molecule has 2 aromatic heterocycles. The first-order valence-corrected chi connectivity index (χ1v) is 11.4. The standard InChI is InChI=1S/C23H22N8O4/c1-12-8-29(9-14-7-24-27-20(12)14)23(35)17-11-31(28-26-17)15-3-2-13-10-30(22(34)16(13)6-15)18-4-5-19(32)25-21(18)33/h2-3,6-7,11-12,18H,4-5,8-10H2,1H3,(H,24,27)(H,25,32,33). The molecular weight excluding hydrogens is 452 g/mol. The van der Waals surface area contributed by atoms with Crippen LogP contribution in [0.1, 0.15) is 63.4 Å². The van der Waals surface area contributed by atoms with Gasteiger partial charge < -0.3 is 9.80 Å². The topological polar surface area (TPSA) is 146 Å². The van der Waals surface area contributed by atoms with E-state index in [1.54, 1.807) is 29.4 Å². The molecule has 0 saturated carbocycles. The maximum absolute atomic E-state index is 13.1. The third-order valence-corrected chi connectivity index (χ3v) is 6.88. The van der Waals surface area contributed by atoms with Crippen LogP contribution >= 0.6 is 0 Å². The lowest BCUT2D eigenvalue weighted by atomic mass is 9.98. The van der Waals surface area contributed by atoms with Crippen molar-refractivity contribution in [2.24, 2.45) is 0 Å². The van der Waals surface area contributed by atoms with Gasteiger partial charge in [0.15, 0.2) is 5.69 Å². The molecule has 3 aliphatic rings. The van der Waals surface area contributed by atoms with Gasteiger partial charge in [0.05, 0.1) is 18.1 Å². The van der Waals surface area contributed by atoms with E-state index in [9.17, 15) is 19.2 Å². The molecule has 0 bridgehead atoms. The summed E-state index contributed by atoms with van der Waals surface area (Å²) in [6.07, 6.45) is 3.80. The number of nitrogens with zero attached hydrogens (tertiary/aromatic N) is 6. The third kappa shape index (κ3) is 3.49. The minimum atomic E-state index is -0.672. The number of carbonyl (C=O) groups is 4. The Kier molecular flexibility index (Phi) is 4.76. The number of piperidine rings is 1. The number of carbonyl (C=O) groups excluding carboxylic acids is 4. The Bertz CT molecular complexity index is 1390. The fourth-order valence-electron chi connectivity index (χ4n) is 5.06. The Hall–Kier alpha value is -4.35. The second kappa shape index (κ2) is 7.86. The Morgan fingerprint density at radius 2 is 2.00 bits per heavy atom. The molecule has 0 spiro atoms. The largest absolute Gasteiger partial charge is 0.332 e. The molecule has 5 heterocycles. The average Bonchev–Trinajstić information content (AvgIpc) is 3.58. The van der Waals surface area contributed by atoms with Gasteiger partial charge in [0.2, 0.25) is 11.8 Å². The van der Waals surface area contributed by atoms with E-state index in [-0.39, 0.29) is 35.8 Å². The number of amides is 4. The number of hydrogen-bond acceptors (Lipinski definition) is 7. The van der Waals surface area contributed by atoms with Crippen molar-refractivity contribution in [2.75, 3.05) is 6.54 Å². The fourth-order valence-corrected chi connectivity index (χ4v) is 5.06. The average molecular weight is 474 g/mol. The molecule has 178 valence electrons. The zero-order valence-corrected chi connectivity index (χ0v) is 18.9. The second-order valence-corrected chi connectivity index (χ2v) is 9.19. The van der Waals surface area contributed by atoms with E-state index in [2.05, 4.69) is 25.8 Å². The summed E-state index contributed by atoms with van der Waals surface area (Å²) in [5.74, 6) is -1.13. The fraction of sp³-hybridized carbons (Fsp3) is 0.348. The normalized spacial score (nSPS) is 21.7. The molecule has 2 atom stereocenters.